The van der Waals surface area contributed by atoms with E-state index in [1.807, 2.05) is 12.1 Å². The standard InChI is InChI=1S/C14H12FNO/c15-12-6-2-1-4-10(12)14-9-5-3-7-13(17)11(9)8-16-14/h1-7,14,16-17H,8H2. The molecule has 2 nitrogen and oxygen atoms in total. The monoisotopic (exact) mass is 229 g/mol. The highest BCUT2D eigenvalue weighted by atomic mass is 19.1. The van der Waals surface area contributed by atoms with E-state index in [4.69, 9.17) is 0 Å². The molecule has 0 radical (unpaired) electrons. The van der Waals surface area contributed by atoms with Gasteiger partial charge in [-0.15, -0.1) is 0 Å². The van der Waals surface area contributed by atoms with Gasteiger partial charge in [-0.1, -0.05) is 30.3 Å². The predicted molar refractivity (Wildman–Crippen MR) is 63.2 cm³/mol. The summed E-state index contributed by atoms with van der Waals surface area (Å²) in [5.41, 5.74) is 2.44. The Bertz CT molecular complexity index is 568. The zero-order valence-electron chi connectivity index (χ0n) is 9.15. The largest absolute Gasteiger partial charge is 0.508 e. The molecule has 0 fully saturated rings. The Kier molecular flexibility index (Phi) is 2.34. The number of rotatable bonds is 1. The average Bonchev–Trinajstić information content (AvgIpc) is 2.75. The summed E-state index contributed by atoms with van der Waals surface area (Å²) in [4.78, 5) is 0. The quantitative estimate of drug-likeness (QED) is 0.788. The first-order valence-electron chi connectivity index (χ1n) is 5.56. The van der Waals surface area contributed by atoms with Crippen LogP contribution < -0.4 is 5.32 Å². The third-order valence-corrected chi connectivity index (χ3v) is 3.20. The molecule has 2 aromatic rings. The number of aromatic hydroxyl groups is 1. The number of nitrogens with one attached hydrogen (secondary N) is 1. The van der Waals surface area contributed by atoms with Crippen LogP contribution in [0.1, 0.15) is 22.7 Å². The van der Waals surface area contributed by atoms with Gasteiger partial charge in [0, 0.05) is 17.7 Å². The summed E-state index contributed by atoms with van der Waals surface area (Å²) in [7, 11) is 0. The van der Waals surface area contributed by atoms with E-state index >= 15 is 0 Å². The summed E-state index contributed by atoms with van der Waals surface area (Å²) in [5.74, 6) is 0.0510. The molecule has 1 aliphatic heterocycles. The highest BCUT2D eigenvalue weighted by Crippen LogP contribution is 2.35. The van der Waals surface area contributed by atoms with E-state index in [9.17, 15) is 9.50 Å². The smallest absolute Gasteiger partial charge is 0.128 e. The fourth-order valence-corrected chi connectivity index (χ4v) is 2.36. The highest BCUT2D eigenvalue weighted by molar-refractivity contribution is 5.47. The third-order valence-electron chi connectivity index (χ3n) is 3.20. The van der Waals surface area contributed by atoms with Gasteiger partial charge in [0.05, 0.1) is 6.04 Å². The van der Waals surface area contributed by atoms with Crippen LogP contribution >= 0.6 is 0 Å². The van der Waals surface area contributed by atoms with Crippen molar-refractivity contribution in [1.29, 1.82) is 0 Å². The van der Waals surface area contributed by atoms with Gasteiger partial charge in [-0.25, -0.2) is 4.39 Å². The molecule has 2 N–H and O–H groups in total. The zero-order chi connectivity index (χ0) is 11.8. The second-order valence-corrected chi connectivity index (χ2v) is 4.18. The molecule has 2 aromatic carbocycles. The first-order chi connectivity index (χ1) is 8.27. The van der Waals surface area contributed by atoms with Crippen LogP contribution in [0.2, 0.25) is 0 Å². The van der Waals surface area contributed by atoms with E-state index in [1.54, 1.807) is 24.3 Å². The second kappa shape index (κ2) is 3.86. The normalized spacial score (nSPS) is 18.1. The summed E-state index contributed by atoms with van der Waals surface area (Å²) in [6, 6.07) is 11.9. The average molecular weight is 229 g/mol. The molecule has 0 saturated heterocycles. The van der Waals surface area contributed by atoms with Gasteiger partial charge in [-0.2, -0.15) is 0 Å². The lowest BCUT2D eigenvalue weighted by atomic mass is 9.98. The van der Waals surface area contributed by atoms with Gasteiger partial charge in [0.1, 0.15) is 11.6 Å². The molecule has 1 heterocycles. The van der Waals surface area contributed by atoms with E-state index < -0.39 is 0 Å². The Labute approximate surface area is 98.7 Å². The van der Waals surface area contributed by atoms with E-state index in [1.165, 1.54) is 6.07 Å². The molecule has 0 aromatic heterocycles. The topological polar surface area (TPSA) is 32.3 Å². The van der Waals surface area contributed by atoms with E-state index in [-0.39, 0.29) is 17.6 Å². The number of fused-ring (bicyclic) bond motifs is 1. The van der Waals surface area contributed by atoms with Crippen molar-refractivity contribution in [1.82, 2.24) is 5.32 Å². The number of phenols is 1. The van der Waals surface area contributed by atoms with Gasteiger partial charge < -0.3 is 10.4 Å². The van der Waals surface area contributed by atoms with Crippen molar-refractivity contribution in [3.63, 3.8) is 0 Å². The van der Waals surface area contributed by atoms with Gasteiger partial charge in [0.2, 0.25) is 0 Å². The van der Waals surface area contributed by atoms with E-state index in [0.717, 1.165) is 11.1 Å². The van der Waals surface area contributed by atoms with Crippen LogP contribution in [0.3, 0.4) is 0 Å². The van der Waals surface area contributed by atoms with Crippen molar-refractivity contribution in [3.8, 4) is 5.75 Å². The minimum Gasteiger partial charge on any atom is -0.508 e. The molecule has 17 heavy (non-hydrogen) atoms. The molecule has 0 amide bonds. The molecule has 0 spiro atoms. The van der Waals surface area contributed by atoms with Crippen LogP contribution in [-0.2, 0) is 6.54 Å². The van der Waals surface area contributed by atoms with Crippen LogP contribution in [0.25, 0.3) is 0 Å². The lowest BCUT2D eigenvalue weighted by Crippen LogP contribution is -2.14. The van der Waals surface area contributed by atoms with Crippen LogP contribution in [0, 0.1) is 5.82 Å². The maximum atomic E-state index is 13.7. The Morgan fingerprint density at radius 2 is 1.82 bits per heavy atom. The van der Waals surface area contributed by atoms with Crippen molar-refractivity contribution < 1.29 is 9.50 Å². The van der Waals surface area contributed by atoms with Crippen molar-refractivity contribution in [3.05, 3.63) is 65.0 Å². The number of benzene rings is 2. The predicted octanol–water partition coefficient (Wildman–Crippen LogP) is 2.72. The summed E-state index contributed by atoms with van der Waals surface area (Å²) < 4.78 is 13.7. The number of halogens is 1. The second-order valence-electron chi connectivity index (χ2n) is 4.18. The molecule has 0 bridgehead atoms. The summed E-state index contributed by atoms with van der Waals surface area (Å²) in [5, 5.41) is 13.0. The van der Waals surface area contributed by atoms with Gasteiger partial charge in [0.25, 0.3) is 0 Å². The lowest BCUT2D eigenvalue weighted by molar-refractivity contribution is 0.468. The summed E-state index contributed by atoms with van der Waals surface area (Å²) in [6.07, 6.45) is 0. The van der Waals surface area contributed by atoms with Crippen molar-refractivity contribution in [2.75, 3.05) is 0 Å². The molecule has 0 aliphatic carbocycles. The van der Waals surface area contributed by atoms with Crippen molar-refractivity contribution in [2.45, 2.75) is 12.6 Å². The number of hydrogen-bond acceptors (Lipinski definition) is 2. The molecule has 1 aliphatic rings. The SMILES string of the molecule is Oc1cccc2c1CNC2c1ccccc1F. The summed E-state index contributed by atoms with van der Waals surface area (Å²) in [6.45, 7) is 0.570. The Hall–Kier alpha value is -1.87. The summed E-state index contributed by atoms with van der Waals surface area (Å²) >= 11 is 0. The van der Waals surface area contributed by atoms with Gasteiger partial charge in [-0.3, -0.25) is 0 Å². The fourth-order valence-electron chi connectivity index (χ4n) is 2.36. The lowest BCUT2D eigenvalue weighted by Gasteiger charge is -2.13. The maximum absolute atomic E-state index is 13.7. The molecule has 1 unspecified atom stereocenters. The first kappa shape index (κ1) is 10.3. The molecular formula is C14H12FNO. The fraction of sp³-hybridized carbons (Fsp3) is 0.143. The van der Waals surface area contributed by atoms with Crippen LogP contribution in [0.4, 0.5) is 4.39 Å². The van der Waals surface area contributed by atoms with Gasteiger partial charge in [0.15, 0.2) is 0 Å². The van der Waals surface area contributed by atoms with Crippen LogP contribution in [-0.4, -0.2) is 5.11 Å². The first-order valence-corrected chi connectivity index (χ1v) is 5.56. The molecule has 1 atom stereocenters. The minimum atomic E-state index is -0.221. The molecular weight excluding hydrogens is 217 g/mol. The molecule has 86 valence electrons. The zero-order valence-corrected chi connectivity index (χ0v) is 9.15. The van der Waals surface area contributed by atoms with E-state index in [0.29, 0.717) is 12.1 Å². The van der Waals surface area contributed by atoms with Crippen LogP contribution in [0.15, 0.2) is 42.5 Å². The Morgan fingerprint density at radius 3 is 2.65 bits per heavy atom. The number of hydrogen-bond donors (Lipinski definition) is 2. The van der Waals surface area contributed by atoms with Gasteiger partial charge in [-0.05, 0) is 17.7 Å². The Balaban J connectivity index is 2.11. The van der Waals surface area contributed by atoms with Crippen LogP contribution in [0.5, 0.6) is 5.75 Å². The highest BCUT2D eigenvalue weighted by Gasteiger charge is 2.26. The molecule has 3 rings (SSSR count). The maximum Gasteiger partial charge on any atom is 0.128 e. The van der Waals surface area contributed by atoms with Gasteiger partial charge >= 0.3 is 0 Å². The number of phenolic OH excluding ortho intramolecular Hbond substituents is 1. The molecule has 0 saturated carbocycles. The van der Waals surface area contributed by atoms with Crippen molar-refractivity contribution >= 4 is 0 Å². The molecule has 3 heteroatoms. The third kappa shape index (κ3) is 1.59. The Morgan fingerprint density at radius 1 is 1.06 bits per heavy atom. The van der Waals surface area contributed by atoms with E-state index in [2.05, 4.69) is 5.32 Å². The minimum absolute atomic E-state index is 0.168. The van der Waals surface area contributed by atoms with Crippen molar-refractivity contribution in [2.24, 2.45) is 0 Å².